The third-order valence-corrected chi connectivity index (χ3v) is 5.22. The van der Waals surface area contributed by atoms with Gasteiger partial charge in [0.15, 0.2) is 0 Å². The molecule has 0 saturated carbocycles. The van der Waals surface area contributed by atoms with E-state index >= 15 is 0 Å². The highest BCUT2D eigenvalue weighted by Gasteiger charge is 2.33. The predicted octanol–water partition coefficient (Wildman–Crippen LogP) is 4.89. The van der Waals surface area contributed by atoms with Gasteiger partial charge in [-0.1, -0.05) is 30.3 Å². The summed E-state index contributed by atoms with van der Waals surface area (Å²) in [6, 6.07) is 14.6. The van der Waals surface area contributed by atoms with E-state index in [-0.39, 0.29) is 18.6 Å². The number of rotatable bonds is 4. The van der Waals surface area contributed by atoms with Gasteiger partial charge < -0.3 is 10.6 Å². The Kier molecular flexibility index (Phi) is 6.01. The lowest BCUT2D eigenvalue weighted by Gasteiger charge is -2.34. The summed E-state index contributed by atoms with van der Waals surface area (Å²) in [7, 11) is 0. The summed E-state index contributed by atoms with van der Waals surface area (Å²) < 4.78 is 40.5. The molecule has 134 valence electrons. The predicted molar refractivity (Wildman–Crippen MR) is 101 cm³/mol. The number of hydrogen-bond donors (Lipinski definition) is 2. The Hall–Kier alpha value is -1.12. The zero-order chi connectivity index (χ0) is 17.9. The van der Waals surface area contributed by atoms with E-state index in [2.05, 4.69) is 45.4 Å². The Balaban J connectivity index is 1.77. The molecule has 1 saturated heterocycles. The van der Waals surface area contributed by atoms with Gasteiger partial charge in [-0.05, 0) is 71.3 Å². The molecule has 1 heterocycles. The molecule has 0 bridgehead atoms. The van der Waals surface area contributed by atoms with Gasteiger partial charge in [0.1, 0.15) is 0 Å². The van der Waals surface area contributed by atoms with Gasteiger partial charge in [0.2, 0.25) is 0 Å². The van der Waals surface area contributed by atoms with Gasteiger partial charge in [0.05, 0.1) is 5.56 Å². The quantitative estimate of drug-likeness (QED) is 0.635. The van der Waals surface area contributed by atoms with E-state index in [1.54, 1.807) is 6.07 Å². The molecule has 0 aromatic heterocycles. The summed E-state index contributed by atoms with van der Waals surface area (Å²) in [5.74, 6) is 0. The van der Waals surface area contributed by atoms with Crippen LogP contribution in [0.4, 0.5) is 13.2 Å². The number of alkyl halides is 3. The van der Waals surface area contributed by atoms with Crippen LogP contribution in [0.5, 0.6) is 0 Å². The van der Waals surface area contributed by atoms with E-state index in [9.17, 15) is 13.2 Å². The molecular formula is C19H20F3IN2. The van der Waals surface area contributed by atoms with Gasteiger partial charge in [0, 0.05) is 22.2 Å². The second-order valence-corrected chi connectivity index (χ2v) is 7.52. The van der Waals surface area contributed by atoms with Crippen LogP contribution < -0.4 is 10.6 Å². The zero-order valence-corrected chi connectivity index (χ0v) is 15.8. The van der Waals surface area contributed by atoms with Crippen molar-refractivity contribution < 1.29 is 13.2 Å². The van der Waals surface area contributed by atoms with E-state index in [1.807, 2.05) is 18.2 Å². The van der Waals surface area contributed by atoms with Crippen LogP contribution in [0.1, 0.15) is 35.6 Å². The largest absolute Gasteiger partial charge is 0.416 e. The van der Waals surface area contributed by atoms with Crippen LogP contribution in [0.2, 0.25) is 0 Å². The minimum Gasteiger partial charge on any atom is -0.309 e. The Labute approximate surface area is 159 Å². The van der Waals surface area contributed by atoms with Gasteiger partial charge in [0.25, 0.3) is 0 Å². The minimum absolute atomic E-state index is 0.107. The first-order valence-corrected chi connectivity index (χ1v) is 9.40. The Morgan fingerprint density at radius 3 is 2.60 bits per heavy atom. The van der Waals surface area contributed by atoms with Crippen LogP contribution in [0.3, 0.4) is 0 Å². The molecule has 1 aliphatic rings. The average molecular weight is 460 g/mol. The second kappa shape index (κ2) is 8.05. The lowest BCUT2D eigenvalue weighted by atomic mass is 9.92. The number of hydrogen-bond acceptors (Lipinski definition) is 2. The van der Waals surface area contributed by atoms with Gasteiger partial charge in [-0.15, -0.1) is 0 Å². The summed E-state index contributed by atoms with van der Waals surface area (Å²) in [6.07, 6.45) is -2.37. The molecule has 25 heavy (non-hydrogen) atoms. The Bertz CT molecular complexity index is 704. The van der Waals surface area contributed by atoms with Crippen LogP contribution in [0.15, 0.2) is 48.5 Å². The van der Waals surface area contributed by atoms with Crippen molar-refractivity contribution in [2.45, 2.75) is 37.6 Å². The molecule has 1 fully saturated rings. The van der Waals surface area contributed by atoms with Crippen molar-refractivity contribution in [1.29, 1.82) is 0 Å². The van der Waals surface area contributed by atoms with Crippen LogP contribution >= 0.6 is 22.6 Å². The summed E-state index contributed by atoms with van der Waals surface area (Å²) >= 11 is 2.05. The third kappa shape index (κ3) is 4.74. The Morgan fingerprint density at radius 2 is 1.88 bits per heavy atom. The van der Waals surface area contributed by atoms with Crippen molar-refractivity contribution in [3.63, 3.8) is 0 Å². The first kappa shape index (κ1) is 18.7. The second-order valence-electron chi connectivity index (χ2n) is 6.27. The molecule has 2 aromatic rings. The topological polar surface area (TPSA) is 24.1 Å². The average Bonchev–Trinajstić information content (AvgIpc) is 2.60. The lowest BCUT2D eigenvalue weighted by molar-refractivity contribution is -0.138. The highest BCUT2D eigenvalue weighted by molar-refractivity contribution is 14.1. The van der Waals surface area contributed by atoms with E-state index in [4.69, 9.17) is 0 Å². The normalized spacial score (nSPS) is 21.3. The van der Waals surface area contributed by atoms with Crippen molar-refractivity contribution in [3.8, 4) is 0 Å². The molecule has 2 unspecified atom stereocenters. The van der Waals surface area contributed by atoms with E-state index in [0.717, 1.165) is 23.0 Å². The molecule has 6 heteroatoms. The molecule has 2 nitrogen and oxygen atoms in total. The highest BCUT2D eigenvalue weighted by atomic mass is 127. The van der Waals surface area contributed by atoms with Crippen molar-refractivity contribution >= 4 is 22.6 Å². The monoisotopic (exact) mass is 460 g/mol. The number of benzene rings is 2. The molecular weight excluding hydrogens is 440 g/mol. The van der Waals surface area contributed by atoms with E-state index < -0.39 is 11.7 Å². The van der Waals surface area contributed by atoms with Crippen molar-refractivity contribution in [1.82, 2.24) is 10.6 Å². The van der Waals surface area contributed by atoms with Crippen LogP contribution in [0, 0.1) is 3.57 Å². The molecule has 0 aliphatic carbocycles. The fourth-order valence-corrected chi connectivity index (χ4v) is 3.90. The van der Waals surface area contributed by atoms with Gasteiger partial charge in [-0.2, -0.15) is 13.2 Å². The Morgan fingerprint density at radius 1 is 1.12 bits per heavy atom. The summed E-state index contributed by atoms with van der Waals surface area (Å²) in [4.78, 5) is 0. The number of halogens is 4. The van der Waals surface area contributed by atoms with Crippen molar-refractivity contribution in [2.24, 2.45) is 0 Å². The molecule has 3 rings (SSSR count). The maximum Gasteiger partial charge on any atom is 0.416 e. The lowest BCUT2D eigenvalue weighted by Crippen LogP contribution is -2.45. The minimum atomic E-state index is -4.33. The molecule has 2 aromatic carbocycles. The number of piperidine rings is 1. The van der Waals surface area contributed by atoms with Crippen LogP contribution in [-0.4, -0.2) is 12.6 Å². The fourth-order valence-electron chi connectivity index (χ4n) is 3.35. The zero-order valence-electron chi connectivity index (χ0n) is 13.6. The molecule has 0 spiro atoms. The van der Waals surface area contributed by atoms with Crippen LogP contribution in [-0.2, 0) is 12.7 Å². The summed E-state index contributed by atoms with van der Waals surface area (Å²) in [6.45, 7) is 1.14. The highest BCUT2D eigenvalue weighted by Crippen LogP contribution is 2.33. The molecule has 2 atom stereocenters. The van der Waals surface area contributed by atoms with Crippen molar-refractivity contribution in [3.05, 3.63) is 68.8 Å². The molecule has 2 N–H and O–H groups in total. The summed E-state index contributed by atoms with van der Waals surface area (Å²) in [5, 5.41) is 6.85. The number of nitrogens with one attached hydrogen (secondary N) is 2. The standard InChI is InChI=1S/C19H20F3IN2/c20-19(21,22)16-9-8-15(23)11-14(16)12-25-17-7-4-10-24-18(17)13-5-2-1-3-6-13/h1-3,5-6,8-9,11,17-18,24-25H,4,7,10,12H2. The third-order valence-electron chi connectivity index (χ3n) is 4.54. The molecule has 0 radical (unpaired) electrons. The van der Waals surface area contributed by atoms with Gasteiger partial charge >= 0.3 is 6.18 Å². The first-order chi connectivity index (χ1) is 11.9. The fraction of sp³-hybridized carbons (Fsp3) is 0.368. The maximum atomic E-state index is 13.2. The first-order valence-electron chi connectivity index (χ1n) is 8.32. The van der Waals surface area contributed by atoms with E-state index in [1.165, 1.54) is 17.7 Å². The molecule has 0 amide bonds. The smallest absolute Gasteiger partial charge is 0.309 e. The summed E-state index contributed by atoms with van der Waals surface area (Å²) in [5.41, 5.74) is 0.913. The van der Waals surface area contributed by atoms with Gasteiger partial charge in [-0.3, -0.25) is 0 Å². The maximum absolute atomic E-state index is 13.2. The van der Waals surface area contributed by atoms with E-state index in [0.29, 0.717) is 5.56 Å². The van der Waals surface area contributed by atoms with Crippen LogP contribution in [0.25, 0.3) is 0 Å². The van der Waals surface area contributed by atoms with Crippen molar-refractivity contribution in [2.75, 3.05) is 6.54 Å². The van der Waals surface area contributed by atoms with Gasteiger partial charge in [-0.25, -0.2) is 0 Å². The molecule has 1 aliphatic heterocycles. The SMILES string of the molecule is FC(F)(F)c1ccc(I)cc1CNC1CCCNC1c1ccccc1.